The van der Waals surface area contributed by atoms with E-state index in [1.807, 2.05) is 37.3 Å². The summed E-state index contributed by atoms with van der Waals surface area (Å²) in [6.45, 7) is 1.91. The molecule has 140 valence electrons. The van der Waals surface area contributed by atoms with Crippen LogP contribution in [-0.2, 0) is 10.5 Å². The van der Waals surface area contributed by atoms with Crippen LogP contribution in [0.15, 0.2) is 47.0 Å². The van der Waals surface area contributed by atoms with Crippen molar-refractivity contribution < 1.29 is 14.1 Å². The lowest BCUT2D eigenvalue weighted by molar-refractivity contribution is -0.113. The van der Waals surface area contributed by atoms with Crippen LogP contribution < -0.4 is 10.1 Å². The maximum Gasteiger partial charge on any atom is 0.236 e. The number of halogens is 1. The van der Waals surface area contributed by atoms with Gasteiger partial charge in [-0.05, 0) is 48.9 Å². The molecule has 1 heterocycles. The highest BCUT2D eigenvalue weighted by molar-refractivity contribution is 7.99. The normalized spacial score (nSPS) is 10.6. The number of carbonyl (C=O) groups is 1. The summed E-state index contributed by atoms with van der Waals surface area (Å²) in [5, 5.41) is 7.41. The summed E-state index contributed by atoms with van der Waals surface area (Å²) < 4.78 is 10.4. The van der Waals surface area contributed by atoms with E-state index < -0.39 is 0 Å². The second kappa shape index (κ2) is 8.92. The first-order valence-corrected chi connectivity index (χ1v) is 9.69. The molecule has 27 heavy (non-hydrogen) atoms. The predicted octanol–water partition coefficient (Wildman–Crippen LogP) is 4.58. The first-order chi connectivity index (χ1) is 13.0. The number of hydrogen-bond acceptors (Lipinski definition) is 6. The summed E-state index contributed by atoms with van der Waals surface area (Å²) in [6, 6.07) is 12.8. The minimum atomic E-state index is -0.111. The van der Waals surface area contributed by atoms with Crippen LogP contribution in [0.25, 0.3) is 11.4 Å². The van der Waals surface area contributed by atoms with Gasteiger partial charge in [0.05, 0.1) is 18.6 Å². The van der Waals surface area contributed by atoms with Gasteiger partial charge < -0.3 is 14.6 Å². The number of aromatic nitrogens is 2. The lowest BCUT2D eigenvalue weighted by Crippen LogP contribution is -2.15. The molecule has 0 aliphatic carbocycles. The summed E-state index contributed by atoms with van der Waals surface area (Å²) in [5.41, 5.74) is 2.51. The van der Waals surface area contributed by atoms with Crippen LogP contribution in [0.1, 0.15) is 11.5 Å². The minimum absolute atomic E-state index is 0.111. The highest BCUT2D eigenvalue weighted by Gasteiger charge is 2.11. The quantitative estimate of drug-likeness (QED) is 0.622. The molecule has 1 aromatic heterocycles. The summed E-state index contributed by atoms with van der Waals surface area (Å²) in [5.74, 6) is 2.35. The molecule has 0 bridgehead atoms. The highest BCUT2D eigenvalue weighted by atomic mass is 35.5. The summed E-state index contributed by atoms with van der Waals surface area (Å²) in [7, 11) is 1.61. The molecule has 3 aromatic rings. The SMILES string of the molecule is COc1ccc(-c2noc(CSCC(=O)Nc3cc(Cl)ccc3C)n2)cc1. The number of benzene rings is 2. The molecule has 0 saturated carbocycles. The third-order valence-corrected chi connectivity index (χ3v) is 4.90. The lowest BCUT2D eigenvalue weighted by Gasteiger charge is -2.08. The van der Waals surface area contributed by atoms with Gasteiger partial charge in [-0.3, -0.25) is 4.79 Å². The second-order valence-electron chi connectivity index (χ2n) is 5.74. The van der Waals surface area contributed by atoms with Gasteiger partial charge in [-0.1, -0.05) is 22.8 Å². The van der Waals surface area contributed by atoms with E-state index in [1.165, 1.54) is 11.8 Å². The summed E-state index contributed by atoms with van der Waals surface area (Å²) >= 11 is 7.36. The fourth-order valence-electron chi connectivity index (χ4n) is 2.32. The molecule has 0 unspecified atom stereocenters. The van der Waals surface area contributed by atoms with Gasteiger partial charge in [-0.2, -0.15) is 4.98 Å². The Labute approximate surface area is 166 Å². The smallest absolute Gasteiger partial charge is 0.236 e. The largest absolute Gasteiger partial charge is 0.497 e. The van der Waals surface area contributed by atoms with Gasteiger partial charge in [0.2, 0.25) is 17.6 Å². The van der Waals surface area contributed by atoms with Crippen LogP contribution in [-0.4, -0.2) is 28.9 Å². The molecule has 3 rings (SSSR count). The van der Waals surface area contributed by atoms with Crippen LogP contribution in [0.4, 0.5) is 5.69 Å². The Hall–Kier alpha value is -2.51. The zero-order valence-corrected chi connectivity index (χ0v) is 16.4. The van der Waals surface area contributed by atoms with Gasteiger partial charge in [0.1, 0.15) is 5.75 Å². The fraction of sp³-hybridized carbons (Fsp3) is 0.211. The van der Waals surface area contributed by atoms with Crippen LogP contribution in [0, 0.1) is 6.92 Å². The maximum absolute atomic E-state index is 12.1. The third kappa shape index (κ3) is 5.24. The van der Waals surface area contributed by atoms with Crippen LogP contribution >= 0.6 is 23.4 Å². The van der Waals surface area contributed by atoms with Crippen molar-refractivity contribution in [2.45, 2.75) is 12.7 Å². The van der Waals surface area contributed by atoms with Crippen LogP contribution in [0.2, 0.25) is 5.02 Å². The van der Waals surface area contributed by atoms with Gasteiger partial charge in [0.25, 0.3) is 0 Å². The van der Waals surface area contributed by atoms with E-state index in [2.05, 4.69) is 15.5 Å². The van der Waals surface area contributed by atoms with Gasteiger partial charge >= 0.3 is 0 Å². The van der Waals surface area contributed by atoms with Gasteiger partial charge in [-0.25, -0.2) is 0 Å². The Bertz CT molecular complexity index is 928. The molecule has 1 amide bonds. The highest BCUT2D eigenvalue weighted by Crippen LogP contribution is 2.22. The predicted molar refractivity (Wildman–Crippen MR) is 107 cm³/mol. The fourth-order valence-corrected chi connectivity index (χ4v) is 3.14. The number of rotatable bonds is 7. The van der Waals surface area contributed by atoms with Crippen molar-refractivity contribution in [3.63, 3.8) is 0 Å². The average Bonchev–Trinajstić information content (AvgIpc) is 3.14. The molecule has 0 aliphatic rings. The first-order valence-electron chi connectivity index (χ1n) is 8.16. The van der Waals surface area contributed by atoms with Crippen molar-refractivity contribution in [3.8, 4) is 17.1 Å². The van der Waals surface area contributed by atoms with Crippen molar-refractivity contribution in [2.24, 2.45) is 0 Å². The van der Waals surface area contributed by atoms with Crippen molar-refractivity contribution in [1.29, 1.82) is 0 Å². The molecule has 6 nitrogen and oxygen atoms in total. The number of ether oxygens (including phenoxy) is 1. The maximum atomic E-state index is 12.1. The lowest BCUT2D eigenvalue weighted by atomic mass is 10.2. The van der Waals surface area contributed by atoms with E-state index in [-0.39, 0.29) is 11.7 Å². The molecule has 0 spiro atoms. The Morgan fingerprint density at radius 2 is 2.04 bits per heavy atom. The van der Waals surface area contributed by atoms with E-state index in [4.69, 9.17) is 20.9 Å². The number of nitrogens with one attached hydrogen (secondary N) is 1. The zero-order chi connectivity index (χ0) is 19.2. The monoisotopic (exact) mass is 403 g/mol. The number of hydrogen-bond donors (Lipinski definition) is 1. The van der Waals surface area contributed by atoms with E-state index in [9.17, 15) is 4.79 Å². The minimum Gasteiger partial charge on any atom is -0.497 e. The molecule has 0 saturated heterocycles. The number of methoxy groups -OCH3 is 1. The molecule has 0 fully saturated rings. The van der Waals surface area contributed by atoms with E-state index >= 15 is 0 Å². The van der Waals surface area contributed by atoms with E-state index in [0.717, 1.165) is 16.9 Å². The Morgan fingerprint density at radius 3 is 2.78 bits per heavy atom. The number of aryl methyl sites for hydroxylation is 1. The zero-order valence-electron chi connectivity index (χ0n) is 14.9. The molecular weight excluding hydrogens is 386 g/mol. The Morgan fingerprint density at radius 1 is 1.26 bits per heavy atom. The van der Waals surface area contributed by atoms with Crippen LogP contribution in [0.5, 0.6) is 5.75 Å². The average molecular weight is 404 g/mol. The molecule has 1 N–H and O–H groups in total. The topological polar surface area (TPSA) is 77.2 Å². The summed E-state index contributed by atoms with van der Waals surface area (Å²) in [4.78, 5) is 16.5. The van der Waals surface area contributed by atoms with Crippen molar-refractivity contribution in [2.75, 3.05) is 18.2 Å². The van der Waals surface area contributed by atoms with E-state index in [1.54, 1.807) is 19.2 Å². The Balaban J connectivity index is 1.51. The summed E-state index contributed by atoms with van der Waals surface area (Å²) in [6.07, 6.45) is 0. The number of anilines is 1. The molecule has 0 aliphatic heterocycles. The number of amides is 1. The third-order valence-electron chi connectivity index (χ3n) is 3.75. The molecule has 0 atom stereocenters. The van der Waals surface area contributed by atoms with Gasteiger partial charge in [0.15, 0.2) is 0 Å². The number of nitrogens with zero attached hydrogens (tertiary/aromatic N) is 2. The second-order valence-corrected chi connectivity index (χ2v) is 7.16. The van der Waals surface area contributed by atoms with Crippen molar-refractivity contribution in [1.82, 2.24) is 10.1 Å². The van der Waals surface area contributed by atoms with E-state index in [0.29, 0.717) is 28.2 Å². The van der Waals surface area contributed by atoms with Gasteiger partial charge in [-0.15, -0.1) is 11.8 Å². The first kappa shape index (κ1) is 19.3. The number of thioether (sulfide) groups is 1. The standard InChI is InChI=1S/C19H18ClN3O3S/c1-12-3-6-14(20)9-16(12)21-17(24)10-27-11-18-22-19(23-26-18)13-4-7-15(25-2)8-5-13/h3-9H,10-11H2,1-2H3,(H,21,24). The number of carbonyl (C=O) groups excluding carboxylic acids is 1. The molecule has 0 radical (unpaired) electrons. The molecule has 2 aromatic carbocycles. The molecule has 8 heteroatoms. The van der Waals surface area contributed by atoms with Crippen molar-refractivity contribution in [3.05, 3.63) is 58.9 Å². The Kier molecular flexibility index (Phi) is 6.36. The van der Waals surface area contributed by atoms with Gasteiger partial charge in [0, 0.05) is 16.3 Å². The van der Waals surface area contributed by atoms with Crippen molar-refractivity contribution >= 4 is 35.0 Å². The van der Waals surface area contributed by atoms with Crippen LogP contribution in [0.3, 0.4) is 0 Å². The molecular formula is C19H18ClN3O3S.